The summed E-state index contributed by atoms with van der Waals surface area (Å²) in [7, 11) is 0. The Morgan fingerprint density at radius 2 is 1.64 bits per heavy atom. The zero-order chi connectivity index (χ0) is 15.7. The smallest absolute Gasteiger partial charge is 0.182 e. The molecule has 0 saturated carbocycles. The highest BCUT2D eigenvalue weighted by atomic mass is 15.2. The van der Waals surface area contributed by atoms with Crippen LogP contribution in [0.25, 0.3) is 0 Å². The van der Waals surface area contributed by atoms with Crippen molar-refractivity contribution in [2.75, 3.05) is 26.2 Å². The Labute approximate surface area is 137 Å². The predicted molar refractivity (Wildman–Crippen MR) is 93.6 cm³/mol. The fourth-order valence-corrected chi connectivity index (χ4v) is 5.02. The van der Waals surface area contributed by atoms with Gasteiger partial charge in [0.1, 0.15) is 18.8 Å². The Hall–Kier alpha value is -0.630. The molecule has 0 aromatic carbocycles. The largest absolute Gasteiger partial charge is 0.305 e. The average Bonchev–Trinajstić information content (AvgIpc) is 2.45. The molecule has 1 aliphatic carbocycles. The topological polar surface area (TPSA) is 7.45 Å². The molecule has 3 aliphatic rings. The summed E-state index contributed by atoms with van der Waals surface area (Å²) in [6.45, 7) is 15.1. The molecule has 0 aromatic heterocycles. The third-order valence-electron chi connectivity index (χ3n) is 5.88. The van der Waals surface area contributed by atoms with E-state index < -0.39 is 0 Å². The molecule has 0 amide bonds. The first-order valence-electron chi connectivity index (χ1n) is 9.59. The second-order valence-electron chi connectivity index (χ2n) is 9.18. The summed E-state index contributed by atoms with van der Waals surface area (Å²) in [5.41, 5.74) is 3.79. The summed E-state index contributed by atoms with van der Waals surface area (Å²) in [5.74, 6) is 1.76. The number of hydrogen-bond donors (Lipinski definition) is 1. The second-order valence-corrected chi connectivity index (χ2v) is 9.18. The van der Waals surface area contributed by atoms with Crippen molar-refractivity contribution in [1.29, 1.82) is 0 Å². The fraction of sp³-hybridized carbons (Fsp3) is 0.850. The van der Waals surface area contributed by atoms with Crippen LogP contribution >= 0.6 is 0 Å². The molecule has 2 aliphatic heterocycles. The van der Waals surface area contributed by atoms with Crippen molar-refractivity contribution in [3.8, 4) is 0 Å². The number of nitrogens with zero attached hydrogens (tertiary/aromatic N) is 1. The van der Waals surface area contributed by atoms with Crippen LogP contribution in [-0.2, 0) is 0 Å². The Morgan fingerprint density at radius 3 is 2.27 bits per heavy atom. The van der Waals surface area contributed by atoms with E-state index in [0.29, 0.717) is 5.41 Å². The number of likely N-dealkylation sites (tertiary alicyclic amines) is 1. The normalized spacial score (nSPS) is 36.2. The third kappa shape index (κ3) is 3.82. The zero-order valence-corrected chi connectivity index (χ0v) is 15.3. The molecule has 0 aromatic rings. The van der Waals surface area contributed by atoms with Crippen LogP contribution in [0.2, 0.25) is 0 Å². The molecule has 2 saturated heterocycles. The third-order valence-corrected chi connectivity index (χ3v) is 5.88. The van der Waals surface area contributed by atoms with Crippen LogP contribution in [0.5, 0.6) is 0 Å². The Morgan fingerprint density at radius 1 is 1.00 bits per heavy atom. The lowest BCUT2D eigenvalue weighted by molar-refractivity contribution is -0.876. The first-order valence-corrected chi connectivity index (χ1v) is 9.59. The van der Waals surface area contributed by atoms with Gasteiger partial charge in [0.2, 0.25) is 0 Å². The number of quaternary nitrogens is 1. The van der Waals surface area contributed by atoms with Gasteiger partial charge in [0.15, 0.2) is 5.71 Å². The van der Waals surface area contributed by atoms with E-state index in [1.54, 1.807) is 16.3 Å². The summed E-state index contributed by atoms with van der Waals surface area (Å²) in [6, 6.07) is 0. The number of rotatable bonds is 1. The number of allylic oxidation sites excluding steroid dienone is 2. The number of nitrogens with one attached hydrogen (secondary N) is 1. The molecule has 2 fully saturated rings. The highest BCUT2D eigenvalue weighted by Crippen LogP contribution is 2.33. The molecule has 124 valence electrons. The zero-order valence-electron chi connectivity index (χ0n) is 15.3. The maximum Gasteiger partial charge on any atom is 0.182 e. The molecule has 3 rings (SSSR count). The summed E-state index contributed by atoms with van der Waals surface area (Å²) in [6.07, 6.45) is 10.8. The molecular formula is C20H36N2+2. The minimum Gasteiger partial charge on any atom is -0.305 e. The van der Waals surface area contributed by atoms with Crippen molar-refractivity contribution in [3.05, 3.63) is 11.8 Å². The van der Waals surface area contributed by atoms with Gasteiger partial charge in [-0.1, -0.05) is 27.7 Å². The van der Waals surface area contributed by atoms with Gasteiger partial charge < -0.3 is 4.90 Å². The summed E-state index contributed by atoms with van der Waals surface area (Å²) in [4.78, 5) is 1.79. The fourth-order valence-electron chi connectivity index (χ4n) is 5.02. The van der Waals surface area contributed by atoms with Gasteiger partial charge in [-0.3, -0.25) is 0 Å². The first kappa shape index (κ1) is 16.2. The maximum absolute atomic E-state index is 2.70. The maximum atomic E-state index is 2.70. The van der Waals surface area contributed by atoms with E-state index in [9.17, 15) is 0 Å². The highest BCUT2D eigenvalue weighted by Gasteiger charge is 2.37. The van der Waals surface area contributed by atoms with Crippen molar-refractivity contribution in [1.82, 2.24) is 0 Å². The average molecular weight is 305 g/mol. The summed E-state index contributed by atoms with van der Waals surface area (Å²) < 4.78 is 2.70. The van der Waals surface area contributed by atoms with Crippen LogP contribution in [0.1, 0.15) is 66.2 Å². The predicted octanol–water partition coefficient (Wildman–Crippen LogP) is 2.89. The quantitative estimate of drug-likeness (QED) is 0.713. The monoisotopic (exact) mass is 304 g/mol. The lowest BCUT2D eigenvalue weighted by Gasteiger charge is -2.37. The first-order chi connectivity index (χ1) is 10.4. The van der Waals surface area contributed by atoms with Gasteiger partial charge in [0, 0.05) is 37.5 Å². The molecule has 2 heteroatoms. The van der Waals surface area contributed by atoms with Gasteiger partial charge in [0.25, 0.3) is 0 Å². The molecule has 0 spiro atoms. The highest BCUT2D eigenvalue weighted by molar-refractivity contribution is 5.92. The van der Waals surface area contributed by atoms with Crippen LogP contribution in [-0.4, -0.2) is 36.5 Å². The minimum atomic E-state index is 0.438. The van der Waals surface area contributed by atoms with Crippen molar-refractivity contribution < 1.29 is 9.48 Å². The van der Waals surface area contributed by atoms with Gasteiger partial charge >= 0.3 is 0 Å². The van der Waals surface area contributed by atoms with Crippen LogP contribution < -0.4 is 4.90 Å². The van der Waals surface area contributed by atoms with E-state index in [-0.39, 0.29) is 0 Å². The molecule has 2 nitrogen and oxygen atoms in total. The van der Waals surface area contributed by atoms with Crippen molar-refractivity contribution >= 4 is 5.71 Å². The van der Waals surface area contributed by atoms with Crippen LogP contribution in [0.4, 0.5) is 0 Å². The van der Waals surface area contributed by atoms with Crippen molar-refractivity contribution in [2.45, 2.75) is 66.2 Å². The Kier molecular flexibility index (Phi) is 4.77. The number of hydrogen-bond acceptors (Lipinski definition) is 0. The Bertz CT molecular complexity index is 454. The van der Waals surface area contributed by atoms with Crippen LogP contribution in [0.15, 0.2) is 11.8 Å². The molecule has 2 atom stereocenters. The SMILES string of the molecule is C[C@H]1C[C@H](C)C[NH+](C2=CC(=[N+]3CCCCC3)CC(C)(C)C2)C1. The molecule has 0 radical (unpaired) electrons. The van der Waals surface area contributed by atoms with E-state index >= 15 is 0 Å². The second kappa shape index (κ2) is 6.47. The molecule has 0 unspecified atom stereocenters. The molecule has 0 bridgehead atoms. The molecule has 1 N–H and O–H groups in total. The lowest BCUT2D eigenvalue weighted by atomic mass is 9.77. The van der Waals surface area contributed by atoms with Crippen LogP contribution in [0.3, 0.4) is 0 Å². The van der Waals surface area contributed by atoms with Crippen molar-refractivity contribution in [3.63, 3.8) is 0 Å². The Balaban J connectivity index is 1.86. The van der Waals surface area contributed by atoms with Gasteiger partial charge in [-0.05, 0) is 18.3 Å². The summed E-state index contributed by atoms with van der Waals surface area (Å²) >= 11 is 0. The van der Waals surface area contributed by atoms with E-state index in [1.165, 1.54) is 64.7 Å². The summed E-state index contributed by atoms with van der Waals surface area (Å²) in [5, 5.41) is 0. The van der Waals surface area contributed by atoms with E-state index in [2.05, 4.69) is 38.3 Å². The van der Waals surface area contributed by atoms with Gasteiger partial charge in [-0.15, -0.1) is 0 Å². The van der Waals surface area contributed by atoms with Gasteiger partial charge in [0.05, 0.1) is 19.2 Å². The standard InChI is InChI=1S/C20H35N2/c1-16-10-17(2)15-22(14-16)19-11-18(12-20(3,4)13-19)21-8-6-5-7-9-21/h11,16-17H,5-10,12-15H2,1-4H3/q+1/p+1/t16-,17-/m0/s1. The van der Waals surface area contributed by atoms with Crippen molar-refractivity contribution in [2.24, 2.45) is 17.3 Å². The van der Waals surface area contributed by atoms with Gasteiger partial charge in [-0.25, -0.2) is 4.58 Å². The molecule has 22 heavy (non-hydrogen) atoms. The number of piperidine rings is 2. The van der Waals surface area contributed by atoms with E-state index in [4.69, 9.17) is 0 Å². The minimum absolute atomic E-state index is 0.438. The van der Waals surface area contributed by atoms with Gasteiger partial charge in [-0.2, -0.15) is 0 Å². The van der Waals surface area contributed by atoms with Crippen LogP contribution in [0, 0.1) is 17.3 Å². The van der Waals surface area contributed by atoms with E-state index in [0.717, 1.165) is 11.8 Å². The molecular weight excluding hydrogens is 268 g/mol. The van der Waals surface area contributed by atoms with E-state index in [1.807, 2.05) is 0 Å². The molecule has 2 heterocycles. The lowest BCUT2D eigenvalue weighted by Crippen LogP contribution is -3.12.